The van der Waals surface area contributed by atoms with Crippen molar-refractivity contribution < 1.29 is 4.79 Å². The standard InChI is InChI=1S/C16H13N3O/c20-16(18-11-12-5-2-1-3-6-12)15-9-8-13-14(19-15)7-4-10-17-13/h1-10H,11H2,(H,18,20). The van der Waals surface area contributed by atoms with Crippen LogP contribution in [0.25, 0.3) is 11.0 Å². The van der Waals surface area contributed by atoms with Crippen LogP contribution in [0, 0.1) is 0 Å². The molecule has 0 atom stereocenters. The van der Waals surface area contributed by atoms with Gasteiger partial charge in [0.25, 0.3) is 5.91 Å². The van der Waals surface area contributed by atoms with Crippen molar-refractivity contribution in [2.24, 2.45) is 0 Å². The molecule has 0 spiro atoms. The van der Waals surface area contributed by atoms with E-state index in [4.69, 9.17) is 0 Å². The van der Waals surface area contributed by atoms with Gasteiger partial charge in [-0.05, 0) is 29.8 Å². The molecule has 4 heteroatoms. The summed E-state index contributed by atoms with van der Waals surface area (Å²) in [6.07, 6.45) is 1.71. The predicted octanol–water partition coefficient (Wildman–Crippen LogP) is 2.56. The van der Waals surface area contributed by atoms with Crippen LogP contribution < -0.4 is 5.32 Å². The topological polar surface area (TPSA) is 54.9 Å². The molecule has 2 heterocycles. The Morgan fingerprint density at radius 1 is 0.950 bits per heavy atom. The maximum absolute atomic E-state index is 12.1. The van der Waals surface area contributed by atoms with Gasteiger partial charge in [0.15, 0.2) is 0 Å². The summed E-state index contributed by atoms with van der Waals surface area (Å²) in [4.78, 5) is 20.6. The first-order valence-electron chi connectivity index (χ1n) is 6.37. The van der Waals surface area contributed by atoms with Gasteiger partial charge in [-0.1, -0.05) is 30.3 Å². The molecule has 2 aromatic heterocycles. The maximum atomic E-state index is 12.1. The predicted molar refractivity (Wildman–Crippen MR) is 77.2 cm³/mol. The van der Waals surface area contributed by atoms with Crippen molar-refractivity contribution in [2.75, 3.05) is 0 Å². The number of aromatic nitrogens is 2. The minimum absolute atomic E-state index is 0.181. The Hall–Kier alpha value is -2.75. The summed E-state index contributed by atoms with van der Waals surface area (Å²) in [7, 11) is 0. The number of benzene rings is 1. The molecule has 0 aliphatic rings. The fraction of sp³-hybridized carbons (Fsp3) is 0.0625. The van der Waals surface area contributed by atoms with E-state index in [0.717, 1.165) is 16.6 Å². The van der Waals surface area contributed by atoms with Gasteiger partial charge in [-0.3, -0.25) is 9.78 Å². The van der Waals surface area contributed by atoms with E-state index in [2.05, 4.69) is 15.3 Å². The van der Waals surface area contributed by atoms with E-state index in [0.29, 0.717) is 12.2 Å². The maximum Gasteiger partial charge on any atom is 0.270 e. The summed E-state index contributed by atoms with van der Waals surface area (Å²) in [5.74, 6) is -0.181. The molecule has 0 fully saturated rings. The fourth-order valence-corrected chi connectivity index (χ4v) is 1.95. The zero-order chi connectivity index (χ0) is 13.8. The van der Waals surface area contributed by atoms with Crippen LogP contribution in [0.1, 0.15) is 16.1 Å². The number of hydrogen-bond donors (Lipinski definition) is 1. The number of fused-ring (bicyclic) bond motifs is 1. The van der Waals surface area contributed by atoms with Gasteiger partial charge in [0.1, 0.15) is 5.69 Å². The van der Waals surface area contributed by atoms with Crippen molar-refractivity contribution in [1.82, 2.24) is 15.3 Å². The minimum atomic E-state index is -0.181. The van der Waals surface area contributed by atoms with Crippen LogP contribution in [-0.2, 0) is 6.54 Å². The van der Waals surface area contributed by atoms with Crippen LogP contribution >= 0.6 is 0 Å². The zero-order valence-electron chi connectivity index (χ0n) is 10.8. The third kappa shape index (κ3) is 2.64. The Kier molecular flexibility index (Phi) is 3.37. The molecule has 0 unspecified atom stereocenters. The van der Waals surface area contributed by atoms with E-state index in [9.17, 15) is 4.79 Å². The van der Waals surface area contributed by atoms with Crippen molar-refractivity contribution in [3.8, 4) is 0 Å². The average Bonchev–Trinajstić information content (AvgIpc) is 2.53. The van der Waals surface area contributed by atoms with Gasteiger partial charge >= 0.3 is 0 Å². The Balaban J connectivity index is 1.75. The lowest BCUT2D eigenvalue weighted by Gasteiger charge is -2.05. The third-order valence-corrected chi connectivity index (χ3v) is 2.98. The highest BCUT2D eigenvalue weighted by Crippen LogP contribution is 2.09. The molecule has 3 rings (SSSR count). The van der Waals surface area contributed by atoms with E-state index in [1.54, 1.807) is 24.4 Å². The first kappa shape index (κ1) is 12.3. The summed E-state index contributed by atoms with van der Waals surface area (Å²) in [5.41, 5.74) is 2.97. The summed E-state index contributed by atoms with van der Waals surface area (Å²) in [6, 6.07) is 16.9. The number of pyridine rings is 2. The van der Waals surface area contributed by atoms with Gasteiger partial charge in [0, 0.05) is 12.7 Å². The highest BCUT2D eigenvalue weighted by atomic mass is 16.1. The van der Waals surface area contributed by atoms with Crippen LogP contribution in [0.2, 0.25) is 0 Å². The van der Waals surface area contributed by atoms with E-state index < -0.39 is 0 Å². The molecule has 1 aromatic carbocycles. The van der Waals surface area contributed by atoms with Crippen LogP contribution in [0.4, 0.5) is 0 Å². The smallest absolute Gasteiger partial charge is 0.270 e. The quantitative estimate of drug-likeness (QED) is 0.790. The molecular formula is C16H13N3O. The van der Waals surface area contributed by atoms with Crippen LogP contribution in [-0.4, -0.2) is 15.9 Å². The van der Waals surface area contributed by atoms with Crippen LogP contribution in [0.3, 0.4) is 0 Å². The molecule has 0 radical (unpaired) electrons. The lowest BCUT2D eigenvalue weighted by Crippen LogP contribution is -2.23. The molecule has 20 heavy (non-hydrogen) atoms. The second-order valence-electron chi connectivity index (χ2n) is 4.41. The number of amides is 1. The van der Waals surface area contributed by atoms with Crippen molar-refractivity contribution in [2.45, 2.75) is 6.54 Å². The van der Waals surface area contributed by atoms with Crippen molar-refractivity contribution >= 4 is 16.9 Å². The first-order chi connectivity index (χ1) is 9.83. The molecule has 0 saturated heterocycles. The first-order valence-corrected chi connectivity index (χ1v) is 6.37. The molecule has 0 aliphatic heterocycles. The second-order valence-corrected chi connectivity index (χ2v) is 4.41. The molecule has 0 bridgehead atoms. The Bertz CT molecular complexity index is 741. The number of nitrogens with zero attached hydrogens (tertiary/aromatic N) is 2. The largest absolute Gasteiger partial charge is 0.347 e. The van der Waals surface area contributed by atoms with E-state index in [1.807, 2.05) is 36.4 Å². The van der Waals surface area contributed by atoms with Crippen molar-refractivity contribution in [1.29, 1.82) is 0 Å². The normalized spacial score (nSPS) is 10.4. The number of nitrogens with one attached hydrogen (secondary N) is 1. The Labute approximate surface area is 116 Å². The van der Waals surface area contributed by atoms with E-state index in [1.165, 1.54) is 0 Å². The number of rotatable bonds is 3. The van der Waals surface area contributed by atoms with Crippen molar-refractivity contribution in [3.63, 3.8) is 0 Å². The second kappa shape index (κ2) is 5.48. The van der Waals surface area contributed by atoms with Gasteiger partial charge in [-0.25, -0.2) is 4.98 Å². The van der Waals surface area contributed by atoms with E-state index in [-0.39, 0.29) is 5.91 Å². The molecule has 0 aliphatic carbocycles. The molecule has 4 nitrogen and oxygen atoms in total. The minimum Gasteiger partial charge on any atom is -0.347 e. The summed E-state index contributed by atoms with van der Waals surface area (Å²) in [6.45, 7) is 0.492. The average molecular weight is 263 g/mol. The van der Waals surface area contributed by atoms with Gasteiger partial charge in [-0.15, -0.1) is 0 Å². The number of carbonyl (C=O) groups excluding carboxylic acids is 1. The van der Waals surface area contributed by atoms with Gasteiger partial charge in [0.05, 0.1) is 11.0 Å². The molecular weight excluding hydrogens is 250 g/mol. The monoisotopic (exact) mass is 263 g/mol. The van der Waals surface area contributed by atoms with Gasteiger partial charge in [0.2, 0.25) is 0 Å². The lowest BCUT2D eigenvalue weighted by molar-refractivity contribution is 0.0946. The molecule has 3 aromatic rings. The highest BCUT2D eigenvalue weighted by Gasteiger charge is 2.07. The molecule has 1 N–H and O–H groups in total. The summed E-state index contributed by atoms with van der Waals surface area (Å²) in [5, 5.41) is 2.86. The number of hydrogen-bond acceptors (Lipinski definition) is 3. The van der Waals surface area contributed by atoms with Gasteiger partial charge < -0.3 is 5.32 Å². The summed E-state index contributed by atoms with van der Waals surface area (Å²) >= 11 is 0. The third-order valence-electron chi connectivity index (χ3n) is 2.98. The lowest BCUT2D eigenvalue weighted by atomic mass is 10.2. The fourth-order valence-electron chi connectivity index (χ4n) is 1.95. The van der Waals surface area contributed by atoms with Gasteiger partial charge in [-0.2, -0.15) is 0 Å². The Morgan fingerprint density at radius 3 is 2.65 bits per heavy atom. The molecule has 0 saturated carbocycles. The number of carbonyl (C=O) groups is 1. The van der Waals surface area contributed by atoms with Crippen LogP contribution in [0.15, 0.2) is 60.8 Å². The van der Waals surface area contributed by atoms with Crippen molar-refractivity contribution in [3.05, 3.63) is 72.1 Å². The van der Waals surface area contributed by atoms with Crippen LogP contribution in [0.5, 0.6) is 0 Å². The highest BCUT2D eigenvalue weighted by molar-refractivity contribution is 5.94. The molecule has 98 valence electrons. The SMILES string of the molecule is O=C(NCc1ccccc1)c1ccc2ncccc2n1. The van der Waals surface area contributed by atoms with E-state index >= 15 is 0 Å². The summed E-state index contributed by atoms with van der Waals surface area (Å²) < 4.78 is 0. The molecule has 1 amide bonds. The Morgan fingerprint density at radius 2 is 1.80 bits per heavy atom. The zero-order valence-corrected chi connectivity index (χ0v) is 10.8.